The third-order valence-corrected chi connectivity index (χ3v) is 6.47. The first-order valence-corrected chi connectivity index (χ1v) is 12.1. The molecule has 0 bridgehead atoms. The van der Waals surface area contributed by atoms with E-state index in [1.54, 1.807) is 22.7 Å². The molecule has 0 aliphatic heterocycles. The van der Waals surface area contributed by atoms with Crippen LogP contribution in [0.1, 0.15) is 69.2 Å². The molecule has 2 rings (SSSR count). The molecule has 0 saturated heterocycles. The van der Waals surface area contributed by atoms with E-state index in [2.05, 4.69) is 17.6 Å². The molecule has 0 saturated carbocycles. The average molecular weight is 452 g/mol. The molecule has 0 aliphatic carbocycles. The van der Waals surface area contributed by atoms with Gasteiger partial charge in [-0.2, -0.15) is 0 Å². The fourth-order valence-corrected chi connectivity index (χ4v) is 4.85. The maximum absolute atomic E-state index is 12.5. The van der Waals surface area contributed by atoms with E-state index in [0.717, 1.165) is 29.0 Å². The minimum absolute atomic E-state index is 0.121. The number of carbonyl (C=O) groups excluding carboxylic acids is 1. The van der Waals surface area contributed by atoms with Crippen LogP contribution in [0.25, 0.3) is 0 Å². The molecule has 3 amide bonds. The van der Waals surface area contributed by atoms with E-state index < -0.39 is 6.09 Å². The molecule has 2 atom stereocenters. The van der Waals surface area contributed by atoms with Gasteiger partial charge >= 0.3 is 12.1 Å². The maximum Gasteiger partial charge on any atom is 0.408 e. The summed E-state index contributed by atoms with van der Waals surface area (Å²) in [7, 11) is 0. The van der Waals surface area contributed by atoms with Crippen LogP contribution < -0.4 is 10.6 Å². The third-order valence-electron chi connectivity index (χ3n) is 4.64. The van der Waals surface area contributed by atoms with Gasteiger partial charge in [-0.05, 0) is 56.5 Å². The van der Waals surface area contributed by atoms with Gasteiger partial charge in [0.15, 0.2) is 0 Å². The Morgan fingerprint density at radius 2 is 1.87 bits per heavy atom. The Morgan fingerprint density at radius 1 is 1.17 bits per heavy atom. The highest BCUT2D eigenvalue weighted by Gasteiger charge is 2.30. The van der Waals surface area contributed by atoms with Gasteiger partial charge < -0.3 is 15.7 Å². The second-order valence-electron chi connectivity index (χ2n) is 8.44. The summed E-state index contributed by atoms with van der Waals surface area (Å²) >= 11 is 3.11. The minimum Gasteiger partial charge on any atom is -0.465 e. The molecule has 0 spiro atoms. The van der Waals surface area contributed by atoms with Gasteiger partial charge in [0.2, 0.25) is 0 Å². The summed E-state index contributed by atoms with van der Waals surface area (Å²) in [5, 5.41) is 20.0. The molecular formula is C22H33N3O3S2. The largest absolute Gasteiger partial charge is 0.465 e. The van der Waals surface area contributed by atoms with E-state index in [4.69, 9.17) is 0 Å². The predicted octanol–water partition coefficient (Wildman–Crippen LogP) is 6.08. The molecule has 2 heterocycles. The topological polar surface area (TPSA) is 81.7 Å². The summed E-state index contributed by atoms with van der Waals surface area (Å²) in [6.07, 6.45) is 2.38. The van der Waals surface area contributed by atoms with Crippen LogP contribution in [0.2, 0.25) is 0 Å². The Morgan fingerprint density at radius 3 is 2.40 bits per heavy atom. The van der Waals surface area contributed by atoms with Crippen molar-refractivity contribution in [3.05, 3.63) is 44.8 Å². The first kappa shape index (κ1) is 24.2. The number of hydrogen-bond donors (Lipinski definition) is 3. The zero-order valence-corrected chi connectivity index (χ0v) is 19.8. The molecule has 3 N–H and O–H groups in total. The molecule has 0 aliphatic rings. The highest BCUT2D eigenvalue weighted by Crippen LogP contribution is 2.32. The van der Waals surface area contributed by atoms with Gasteiger partial charge in [0.1, 0.15) is 0 Å². The van der Waals surface area contributed by atoms with Gasteiger partial charge in [-0.3, -0.25) is 4.90 Å². The van der Waals surface area contributed by atoms with Gasteiger partial charge in [0, 0.05) is 21.3 Å². The van der Waals surface area contributed by atoms with Gasteiger partial charge in [-0.15, -0.1) is 22.7 Å². The SMILES string of the molecule is CCCC[C@@H](CC(c1cccs1)N(Cc1cccs1)C(=O)O)NC(=O)NC(C)(C)C. The van der Waals surface area contributed by atoms with E-state index in [9.17, 15) is 14.7 Å². The number of urea groups is 1. The normalized spacial score (nSPS) is 13.5. The minimum atomic E-state index is -0.949. The van der Waals surface area contributed by atoms with Gasteiger partial charge in [-0.1, -0.05) is 31.9 Å². The molecule has 1 unspecified atom stereocenters. The van der Waals surface area contributed by atoms with Crippen molar-refractivity contribution in [2.75, 3.05) is 0 Å². The Balaban J connectivity index is 2.24. The number of carboxylic acid groups (broad SMARTS) is 1. The lowest BCUT2D eigenvalue weighted by Gasteiger charge is -2.32. The van der Waals surface area contributed by atoms with Crippen LogP contribution in [0.15, 0.2) is 35.0 Å². The van der Waals surface area contributed by atoms with Crippen LogP contribution in [0.5, 0.6) is 0 Å². The monoisotopic (exact) mass is 451 g/mol. The van der Waals surface area contributed by atoms with Gasteiger partial charge in [-0.25, -0.2) is 9.59 Å². The second kappa shape index (κ2) is 11.4. The van der Waals surface area contributed by atoms with E-state index in [1.165, 1.54) is 4.90 Å². The van der Waals surface area contributed by atoms with Crippen molar-refractivity contribution in [1.82, 2.24) is 15.5 Å². The number of hydrogen-bond acceptors (Lipinski definition) is 4. The highest BCUT2D eigenvalue weighted by atomic mass is 32.1. The fourth-order valence-electron chi connectivity index (χ4n) is 3.29. The molecule has 0 radical (unpaired) electrons. The number of thiophene rings is 2. The molecule has 2 aromatic heterocycles. The molecule has 166 valence electrons. The summed E-state index contributed by atoms with van der Waals surface area (Å²) in [6.45, 7) is 8.27. The van der Waals surface area contributed by atoms with Crippen LogP contribution >= 0.6 is 22.7 Å². The standard InChI is InChI=1S/C22H33N3O3S2/c1-5-6-9-16(23-20(26)24-22(2,3)4)14-18(19-11-8-13-30-19)25(21(27)28)15-17-10-7-12-29-17/h7-8,10-13,16,18H,5-6,9,14-15H2,1-4H3,(H,27,28)(H2,23,24,26)/t16-,18?/m0/s1. The van der Waals surface area contributed by atoms with Crippen molar-refractivity contribution in [2.24, 2.45) is 0 Å². The summed E-state index contributed by atoms with van der Waals surface area (Å²) in [6, 6.07) is 7.16. The van der Waals surface area contributed by atoms with Crippen LogP contribution in [-0.4, -0.2) is 33.7 Å². The number of nitrogens with zero attached hydrogens (tertiary/aromatic N) is 1. The average Bonchev–Trinajstić information content (AvgIpc) is 3.34. The number of carbonyl (C=O) groups is 2. The molecule has 6 nitrogen and oxygen atoms in total. The molecule has 0 aromatic carbocycles. The Labute approximate surface area is 187 Å². The van der Waals surface area contributed by atoms with E-state index in [0.29, 0.717) is 13.0 Å². The molecule has 8 heteroatoms. The summed E-state index contributed by atoms with van der Waals surface area (Å²) in [5.41, 5.74) is -0.335. The van der Waals surface area contributed by atoms with Crippen LogP contribution in [0.4, 0.5) is 9.59 Å². The highest BCUT2D eigenvalue weighted by molar-refractivity contribution is 7.10. The smallest absolute Gasteiger partial charge is 0.408 e. The molecule has 0 fully saturated rings. The van der Waals surface area contributed by atoms with E-state index >= 15 is 0 Å². The lowest BCUT2D eigenvalue weighted by atomic mass is 9.99. The van der Waals surface area contributed by atoms with Crippen molar-refractivity contribution in [3.63, 3.8) is 0 Å². The zero-order chi connectivity index (χ0) is 22.1. The predicted molar refractivity (Wildman–Crippen MR) is 124 cm³/mol. The number of rotatable bonds is 10. The van der Waals surface area contributed by atoms with Crippen molar-refractivity contribution in [1.29, 1.82) is 0 Å². The Hall–Kier alpha value is -2.06. The quantitative estimate of drug-likeness (QED) is 0.409. The molecular weight excluding hydrogens is 418 g/mol. The summed E-state index contributed by atoms with van der Waals surface area (Å²) < 4.78 is 0. The Kier molecular flexibility index (Phi) is 9.17. The van der Waals surface area contributed by atoms with Crippen LogP contribution in [-0.2, 0) is 6.54 Å². The Bertz CT molecular complexity index is 770. The molecule has 2 aromatic rings. The van der Waals surface area contributed by atoms with Crippen LogP contribution in [0.3, 0.4) is 0 Å². The lowest BCUT2D eigenvalue weighted by molar-refractivity contribution is 0.114. The summed E-state index contributed by atoms with van der Waals surface area (Å²) in [4.78, 5) is 28.2. The first-order valence-electron chi connectivity index (χ1n) is 10.3. The number of amides is 3. The van der Waals surface area contributed by atoms with Gasteiger partial charge in [0.25, 0.3) is 0 Å². The van der Waals surface area contributed by atoms with Crippen molar-refractivity contribution in [2.45, 2.75) is 77.5 Å². The zero-order valence-electron chi connectivity index (χ0n) is 18.2. The lowest BCUT2D eigenvalue weighted by Crippen LogP contribution is -2.50. The fraction of sp³-hybridized carbons (Fsp3) is 0.545. The number of unbranched alkanes of at least 4 members (excludes halogenated alkanes) is 1. The van der Waals surface area contributed by atoms with E-state index in [-0.39, 0.29) is 23.7 Å². The maximum atomic E-state index is 12.5. The summed E-state index contributed by atoms with van der Waals surface area (Å²) in [5.74, 6) is 0. The van der Waals surface area contributed by atoms with E-state index in [1.807, 2.05) is 55.8 Å². The van der Waals surface area contributed by atoms with Crippen molar-refractivity contribution in [3.8, 4) is 0 Å². The first-order chi connectivity index (χ1) is 14.2. The van der Waals surface area contributed by atoms with Crippen molar-refractivity contribution >= 4 is 34.8 Å². The number of nitrogens with one attached hydrogen (secondary N) is 2. The third kappa shape index (κ3) is 7.99. The van der Waals surface area contributed by atoms with Gasteiger partial charge in [0.05, 0.1) is 12.6 Å². The second-order valence-corrected chi connectivity index (χ2v) is 10.5. The van der Waals surface area contributed by atoms with Crippen LogP contribution in [0, 0.1) is 0 Å². The molecule has 30 heavy (non-hydrogen) atoms. The van der Waals surface area contributed by atoms with Crippen molar-refractivity contribution < 1.29 is 14.7 Å².